The van der Waals surface area contributed by atoms with Crippen molar-refractivity contribution in [3.05, 3.63) is 59.2 Å². The molecule has 0 fully saturated rings. The van der Waals surface area contributed by atoms with Crippen LogP contribution in [0.5, 0.6) is 11.5 Å². The maximum absolute atomic E-state index is 12.6. The van der Waals surface area contributed by atoms with Crippen molar-refractivity contribution in [2.45, 2.75) is 13.1 Å². The van der Waals surface area contributed by atoms with E-state index in [-0.39, 0.29) is 17.1 Å². The van der Waals surface area contributed by atoms with E-state index in [2.05, 4.69) is 0 Å². The number of hydrogen-bond donors (Lipinski definition) is 0. The summed E-state index contributed by atoms with van der Waals surface area (Å²) in [5.74, 6) is 0.319. The monoisotopic (exact) mass is 277 g/mol. The van der Waals surface area contributed by atoms with Crippen LogP contribution in [0, 0.1) is 18.3 Å². The molecular formula is C15H10F3NO. The van der Waals surface area contributed by atoms with Crippen molar-refractivity contribution in [2.24, 2.45) is 0 Å². The van der Waals surface area contributed by atoms with E-state index in [0.29, 0.717) is 5.56 Å². The number of rotatable bonds is 2. The summed E-state index contributed by atoms with van der Waals surface area (Å²) in [5, 5.41) is 8.99. The van der Waals surface area contributed by atoms with Crippen molar-refractivity contribution < 1.29 is 17.9 Å². The molecule has 0 heterocycles. The molecule has 0 N–H and O–H groups in total. The summed E-state index contributed by atoms with van der Waals surface area (Å²) in [5.41, 5.74) is 0.172. The normalized spacial score (nSPS) is 10.9. The molecule has 102 valence electrons. The van der Waals surface area contributed by atoms with Gasteiger partial charge in [-0.15, -0.1) is 0 Å². The predicted octanol–water partition coefficient (Wildman–Crippen LogP) is 4.68. The minimum absolute atomic E-state index is 0.0469. The second-order valence-electron chi connectivity index (χ2n) is 4.19. The maximum Gasteiger partial charge on any atom is 0.416 e. The van der Waals surface area contributed by atoms with Gasteiger partial charge in [0.05, 0.1) is 11.1 Å². The number of alkyl halides is 3. The van der Waals surface area contributed by atoms with Crippen LogP contribution in [0.15, 0.2) is 42.5 Å². The number of aryl methyl sites for hydroxylation is 1. The topological polar surface area (TPSA) is 33.0 Å². The van der Waals surface area contributed by atoms with Crippen molar-refractivity contribution in [3.63, 3.8) is 0 Å². The van der Waals surface area contributed by atoms with Crippen molar-refractivity contribution in [1.82, 2.24) is 0 Å². The van der Waals surface area contributed by atoms with E-state index < -0.39 is 11.7 Å². The zero-order chi connectivity index (χ0) is 14.8. The highest BCUT2D eigenvalue weighted by Crippen LogP contribution is 2.34. The Morgan fingerprint density at radius 3 is 2.45 bits per heavy atom. The SMILES string of the molecule is Cc1cccc(C#N)c1Oc1cccc(C(F)(F)F)c1. The van der Waals surface area contributed by atoms with Crippen LogP contribution in [-0.2, 0) is 6.18 Å². The molecule has 0 atom stereocenters. The van der Waals surface area contributed by atoms with E-state index in [1.54, 1.807) is 25.1 Å². The van der Waals surface area contributed by atoms with Crippen LogP contribution >= 0.6 is 0 Å². The lowest BCUT2D eigenvalue weighted by Crippen LogP contribution is -2.04. The van der Waals surface area contributed by atoms with Gasteiger partial charge in [-0.2, -0.15) is 18.4 Å². The van der Waals surface area contributed by atoms with Crippen LogP contribution in [0.1, 0.15) is 16.7 Å². The Balaban J connectivity index is 2.39. The molecule has 5 heteroatoms. The highest BCUT2D eigenvalue weighted by Gasteiger charge is 2.30. The van der Waals surface area contributed by atoms with Crippen molar-refractivity contribution in [3.8, 4) is 17.6 Å². The first-order valence-corrected chi connectivity index (χ1v) is 5.76. The highest BCUT2D eigenvalue weighted by atomic mass is 19.4. The number of hydrogen-bond acceptors (Lipinski definition) is 2. The van der Waals surface area contributed by atoms with E-state index >= 15 is 0 Å². The molecule has 2 aromatic rings. The Morgan fingerprint density at radius 1 is 1.10 bits per heavy atom. The number of nitriles is 1. The molecule has 0 aliphatic heterocycles. The second-order valence-corrected chi connectivity index (χ2v) is 4.19. The van der Waals surface area contributed by atoms with Gasteiger partial charge in [0.1, 0.15) is 17.6 Å². The molecule has 0 saturated heterocycles. The molecule has 0 aromatic heterocycles. The number of ether oxygens (including phenoxy) is 1. The van der Waals surface area contributed by atoms with Gasteiger partial charge in [-0.05, 0) is 36.8 Å². The Labute approximate surface area is 114 Å². The second kappa shape index (κ2) is 5.25. The Morgan fingerprint density at radius 2 is 1.80 bits per heavy atom. The highest BCUT2D eigenvalue weighted by molar-refractivity contribution is 5.50. The van der Waals surface area contributed by atoms with Crippen LogP contribution < -0.4 is 4.74 Å². The molecule has 2 nitrogen and oxygen atoms in total. The summed E-state index contributed by atoms with van der Waals surface area (Å²) in [6.45, 7) is 1.73. The predicted molar refractivity (Wildman–Crippen MR) is 67.4 cm³/mol. The Kier molecular flexibility index (Phi) is 3.66. The number of halogens is 3. The number of para-hydroxylation sites is 1. The zero-order valence-corrected chi connectivity index (χ0v) is 10.5. The average molecular weight is 277 g/mol. The zero-order valence-electron chi connectivity index (χ0n) is 10.5. The fourth-order valence-electron chi connectivity index (χ4n) is 1.73. The fourth-order valence-corrected chi connectivity index (χ4v) is 1.73. The van der Waals surface area contributed by atoms with Gasteiger partial charge >= 0.3 is 6.18 Å². The molecule has 20 heavy (non-hydrogen) atoms. The van der Waals surface area contributed by atoms with Gasteiger partial charge in [-0.1, -0.05) is 18.2 Å². The summed E-state index contributed by atoms with van der Waals surface area (Å²) in [7, 11) is 0. The smallest absolute Gasteiger partial charge is 0.416 e. The lowest BCUT2D eigenvalue weighted by molar-refractivity contribution is -0.137. The standard InChI is InChI=1S/C15H10F3NO/c1-10-4-2-5-11(9-19)14(10)20-13-7-3-6-12(8-13)15(16,17)18/h2-8H,1H3. The van der Waals surface area contributed by atoms with Gasteiger partial charge in [0.25, 0.3) is 0 Å². The first-order chi connectivity index (χ1) is 9.41. The lowest BCUT2D eigenvalue weighted by atomic mass is 10.1. The molecule has 2 rings (SSSR count). The molecule has 0 spiro atoms. The van der Waals surface area contributed by atoms with E-state index in [1.165, 1.54) is 12.1 Å². The minimum Gasteiger partial charge on any atom is -0.456 e. The molecule has 0 saturated carbocycles. The molecule has 0 amide bonds. The lowest BCUT2D eigenvalue weighted by Gasteiger charge is -2.12. The quantitative estimate of drug-likeness (QED) is 0.798. The van der Waals surface area contributed by atoms with E-state index in [4.69, 9.17) is 10.00 Å². The van der Waals surface area contributed by atoms with Crippen LogP contribution in [0.3, 0.4) is 0 Å². The molecular weight excluding hydrogens is 267 g/mol. The summed E-state index contributed by atoms with van der Waals surface area (Å²) >= 11 is 0. The first-order valence-electron chi connectivity index (χ1n) is 5.76. The van der Waals surface area contributed by atoms with Crippen LogP contribution in [0.25, 0.3) is 0 Å². The fraction of sp³-hybridized carbons (Fsp3) is 0.133. The third kappa shape index (κ3) is 2.91. The van der Waals surface area contributed by atoms with Crippen molar-refractivity contribution >= 4 is 0 Å². The third-order valence-electron chi connectivity index (χ3n) is 2.71. The van der Waals surface area contributed by atoms with Crippen molar-refractivity contribution in [1.29, 1.82) is 5.26 Å². The third-order valence-corrected chi connectivity index (χ3v) is 2.71. The van der Waals surface area contributed by atoms with Crippen molar-refractivity contribution in [2.75, 3.05) is 0 Å². The van der Waals surface area contributed by atoms with E-state index in [9.17, 15) is 13.2 Å². The molecule has 0 radical (unpaired) electrons. The summed E-state index contributed by atoms with van der Waals surface area (Å²) in [4.78, 5) is 0. The molecule has 0 aliphatic carbocycles. The van der Waals surface area contributed by atoms with Gasteiger partial charge in [-0.25, -0.2) is 0 Å². The number of nitrogens with zero attached hydrogens (tertiary/aromatic N) is 1. The van der Waals surface area contributed by atoms with Gasteiger partial charge < -0.3 is 4.74 Å². The Bertz CT molecular complexity index is 672. The molecule has 0 unspecified atom stereocenters. The molecule has 0 aliphatic rings. The van der Waals surface area contributed by atoms with Gasteiger partial charge in [0.15, 0.2) is 0 Å². The van der Waals surface area contributed by atoms with Crippen LogP contribution in [-0.4, -0.2) is 0 Å². The first kappa shape index (κ1) is 13.9. The maximum atomic E-state index is 12.6. The summed E-state index contributed by atoms with van der Waals surface area (Å²) < 4.78 is 43.3. The number of benzene rings is 2. The van der Waals surface area contributed by atoms with Crippen LogP contribution in [0.2, 0.25) is 0 Å². The summed E-state index contributed by atoms with van der Waals surface area (Å²) in [6.07, 6.45) is -4.43. The van der Waals surface area contributed by atoms with Gasteiger partial charge in [0.2, 0.25) is 0 Å². The van der Waals surface area contributed by atoms with Gasteiger partial charge in [-0.3, -0.25) is 0 Å². The van der Waals surface area contributed by atoms with Crippen LogP contribution in [0.4, 0.5) is 13.2 Å². The minimum atomic E-state index is -4.43. The van der Waals surface area contributed by atoms with E-state index in [0.717, 1.165) is 12.1 Å². The Hall–Kier alpha value is -2.48. The average Bonchev–Trinajstić information content (AvgIpc) is 2.40. The van der Waals surface area contributed by atoms with E-state index in [1.807, 2.05) is 6.07 Å². The van der Waals surface area contributed by atoms with Gasteiger partial charge in [0, 0.05) is 0 Å². The summed E-state index contributed by atoms with van der Waals surface area (Å²) in [6, 6.07) is 11.5. The molecule has 2 aromatic carbocycles. The largest absolute Gasteiger partial charge is 0.456 e. The molecule has 0 bridgehead atoms.